The Morgan fingerprint density at radius 1 is 0.875 bits per heavy atom. The van der Waals surface area contributed by atoms with Crippen LogP contribution in [0.2, 0.25) is 0 Å². The van der Waals surface area contributed by atoms with Gasteiger partial charge in [-0.1, -0.05) is 60.7 Å². The quantitative estimate of drug-likeness (QED) is 0.579. The maximum Gasteiger partial charge on any atom is 0.226 e. The predicted molar refractivity (Wildman–Crippen MR) is 128 cm³/mol. The van der Waals surface area contributed by atoms with Crippen molar-refractivity contribution < 1.29 is 14.4 Å². The molecule has 4 rings (SSSR count). The van der Waals surface area contributed by atoms with Crippen molar-refractivity contribution in [1.29, 1.82) is 0 Å². The van der Waals surface area contributed by atoms with E-state index in [1.54, 1.807) is 0 Å². The monoisotopic (exact) mass is 429 g/mol. The fraction of sp³-hybridized carbons (Fsp3) is 0.321. The maximum absolute atomic E-state index is 13.1. The molecule has 0 radical (unpaired) electrons. The number of rotatable bonds is 8. The maximum atomic E-state index is 13.1. The van der Waals surface area contributed by atoms with E-state index in [-0.39, 0.29) is 5.92 Å². The molecule has 0 unspecified atom stereocenters. The minimum Gasteiger partial charge on any atom is -0.457 e. The van der Waals surface area contributed by atoms with Crippen LogP contribution < -0.4 is 9.64 Å². The van der Waals surface area contributed by atoms with Crippen molar-refractivity contribution >= 4 is 5.91 Å². The van der Waals surface area contributed by atoms with Gasteiger partial charge in [0, 0.05) is 37.4 Å². The van der Waals surface area contributed by atoms with Crippen molar-refractivity contribution in [1.82, 2.24) is 4.90 Å². The van der Waals surface area contributed by atoms with Gasteiger partial charge in [0.2, 0.25) is 5.91 Å². The molecule has 3 aromatic carbocycles. The van der Waals surface area contributed by atoms with Crippen LogP contribution in [0.4, 0.5) is 0 Å². The first-order valence-corrected chi connectivity index (χ1v) is 11.7. The van der Waals surface area contributed by atoms with E-state index in [9.17, 15) is 4.79 Å². The molecule has 0 aromatic heterocycles. The van der Waals surface area contributed by atoms with Gasteiger partial charge in [-0.2, -0.15) is 0 Å². The van der Waals surface area contributed by atoms with Crippen LogP contribution in [0.15, 0.2) is 84.9 Å². The number of para-hydroxylation sites is 1. The number of likely N-dealkylation sites (tertiary alicyclic amines) is 1. The van der Waals surface area contributed by atoms with E-state index >= 15 is 0 Å². The summed E-state index contributed by atoms with van der Waals surface area (Å²) in [4.78, 5) is 16.7. The van der Waals surface area contributed by atoms with Crippen LogP contribution in [0.25, 0.3) is 0 Å². The summed E-state index contributed by atoms with van der Waals surface area (Å²) in [5.41, 5.74) is 2.47. The highest BCUT2D eigenvalue weighted by Crippen LogP contribution is 2.22. The number of carbonyl (C=O) groups is 1. The second kappa shape index (κ2) is 11.0. The summed E-state index contributed by atoms with van der Waals surface area (Å²) >= 11 is 0. The molecule has 1 aliphatic heterocycles. The zero-order chi connectivity index (χ0) is 22.2. The van der Waals surface area contributed by atoms with Crippen LogP contribution in [0, 0.1) is 5.92 Å². The molecule has 1 aliphatic rings. The third-order valence-corrected chi connectivity index (χ3v) is 6.28. The van der Waals surface area contributed by atoms with Crippen LogP contribution in [-0.2, 0) is 17.9 Å². The number of piperidine rings is 1. The SMILES string of the molecule is CCN(Cc1ccccc1)C(=O)C1CC[NH+](Cc2cccc(Oc3ccccc3)c2)CC1. The lowest BCUT2D eigenvalue weighted by Gasteiger charge is -2.32. The van der Waals surface area contributed by atoms with Crippen molar-refractivity contribution in [2.45, 2.75) is 32.9 Å². The highest BCUT2D eigenvalue weighted by Gasteiger charge is 2.30. The molecule has 0 atom stereocenters. The van der Waals surface area contributed by atoms with Gasteiger partial charge in [0.15, 0.2) is 0 Å². The zero-order valence-electron chi connectivity index (χ0n) is 18.9. The van der Waals surface area contributed by atoms with Crippen molar-refractivity contribution in [3.8, 4) is 11.5 Å². The van der Waals surface area contributed by atoms with Crippen LogP contribution in [0.1, 0.15) is 30.9 Å². The van der Waals surface area contributed by atoms with Crippen LogP contribution in [0.5, 0.6) is 11.5 Å². The Bertz CT molecular complexity index is 983. The van der Waals surface area contributed by atoms with Gasteiger partial charge in [0.25, 0.3) is 0 Å². The Hall–Kier alpha value is -3.11. The molecule has 0 spiro atoms. The zero-order valence-corrected chi connectivity index (χ0v) is 18.9. The second-order valence-corrected chi connectivity index (χ2v) is 8.60. The Morgan fingerprint density at radius 3 is 2.19 bits per heavy atom. The highest BCUT2D eigenvalue weighted by atomic mass is 16.5. The lowest BCUT2D eigenvalue weighted by atomic mass is 9.94. The molecule has 0 saturated carbocycles. The van der Waals surface area contributed by atoms with E-state index in [1.807, 2.05) is 59.5 Å². The first-order chi connectivity index (χ1) is 15.7. The third kappa shape index (κ3) is 5.98. The largest absolute Gasteiger partial charge is 0.457 e. The Kier molecular flexibility index (Phi) is 7.57. The number of ether oxygens (including phenoxy) is 1. The molecule has 4 heteroatoms. The normalized spacial score (nSPS) is 18.2. The summed E-state index contributed by atoms with van der Waals surface area (Å²) < 4.78 is 5.98. The number of quaternary nitrogens is 1. The van der Waals surface area contributed by atoms with E-state index in [0.29, 0.717) is 12.5 Å². The van der Waals surface area contributed by atoms with E-state index < -0.39 is 0 Å². The number of hydrogen-bond acceptors (Lipinski definition) is 2. The molecule has 1 heterocycles. The first-order valence-electron chi connectivity index (χ1n) is 11.7. The molecule has 0 aliphatic carbocycles. The first kappa shape index (κ1) is 22.1. The molecule has 1 N–H and O–H groups in total. The topological polar surface area (TPSA) is 34.0 Å². The van der Waals surface area contributed by atoms with Gasteiger partial charge in [0.05, 0.1) is 13.1 Å². The second-order valence-electron chi connectivity index (χ2n) is 8.60. The predicted octanol–water partition coefficient (Wildman–Crippen LogP) is 4.32. The van der Waals surface area contributed by atoms with Gasteiger partial charge < -0.3 is 14.5 Å². The van der Waals surface area contributed by atoms with Crippen molar-refractivity contribution in [3.63, 3.8) is 0 Å². The molecule has 1 saturated heterocycles. The third-order valence-electron chi connectivity index (χ3n) is 6.28. The Morgan fingerprint density at radius 2 is 1.50 bits per heavy atom. The van der Waals surface area contributed by atoms with Gasteiger partial charge in [0.1, 0.15) is 18.0 Å². The molecule has 3 aromatic rings. The fourth-order valence-corrected chi connectivity index (χ4v) is 4.49. The number of carbonyl (C=O) groups excluding carboxylic acids is 1. The van der Waals surface area contributed by atoms with Crippen LogP contribution in [0.3, 0.4) is 0 Å². The number of nitrogens with one attached hydrogen (secondary N) is 1. The van der Waals surface area contributed by atoms with E-state index in [0.717, 1.165) is 50.5 Å². The molecule has 32 heavy (non-hydrogen) atoms. The van der Waals surface area contributed by atoms with Crippen LogP contribution >= 0.6 is 0 Å². The summed E-state index contributed by atoms with van der Waals surface area (Å²) in [6.45, 7) is 6.57. The van der Waals surface area contributed by atoms with Gasteiger partial charge in [-0.05, 0) is 36.8 Å². The summed E-state index contributed by atoms with van der Waals surface area (Å²) in [6, 6.07) is 28.5. The standard InChI is InChI=1S/C28H32N2O2/c1-2-30(22-23-10-5-3-6-11-23)28(31)25-16-18-29(19-17-25)21-24-12-9-15-27(20-24)32-26-13-7-4-8-14-26/h3-15,20,25H,2,16-19,21-22H2,1H3/p+1. The number of nitrogens with zero attached hydrogens (tertiary/aromatic N) is 1. The molecule has 1 amide bonds. The number of hydrogen-bond donors (Lipinski definition) is 1. The van der Waals surface area contributed by atoms with Crippen molar-refractivity contribution in [3.05, 3.63) is 96.1 Å². The van der Waals surface area contributed by atoms with Crippen LogP contribution in [-0.4, -0.2) is 30.4 Å². The average Bonchev–Trinajstić information content (AvgIpc) is 2.84. The fourth-order valence-electron chi connectivity index (χ4n) is 4.49. The lowest BCUT2D eigenvalue weighted by Crippen LogP contribution is -3.11. The average molecular weight is 430 g/mol. The van der Waals surface area contributed by atoms with Gasteiger partial charge >= 0.3 is 0 Å². The molecule has 166 valence electrons. The molecular weight excluding hydrogens is 396 g/mol. The number of amides is 1. The molecular formula is C28H33N2O2+. The van der Waals surface area contributed by atoms with Crippen molar-refractivity contribution in [2.75, 3.05) is 19.6 Å². The van der Waals surface area contributed by atoms with E-state index in [4.69, 9.17) is 4.74 Å². The summed E-state index contributed by atoms with van der Waals surface area (Å²) in [6.07, 6.45) is 1.92. The Labute approximate surface area is 191 Å². The smallest absolute Gasteiger partial charge is 0.226 e. The lowest BCUT2D eigenvalue weighted by molar-refractivity contribution is -0.919. The highest BCUT2D eigenvalue weighted by molar-refractivity contribution is 5.78. The van der Waals surface area contributed by atoms with Gasteiger partial charge in [-0.3, -0.25) is 4.79 Å². The summed E-state index contributed by atoms with van der Waals surface area (Å²) in [7, 11) is 0. The summed E-state index contributed by atoms with van der Waals surface area (Å²) in [5, 5.41) is 0. The van der Waals surface area contributed by atoms with E-state index in [2.05, 4.69) is 37.3 Å². The molecule has 4 nitrogen and oxygen atoms in total. The van der Waals surface area contributed by atoms with Gasteiger partial charge in [-0.25, -0.2) is 0 Å². The minimum atomic E-state index is 0.148. The molecule has 0 bridgehead atoms. The summed E-state index contributed by atoms with van der Waals surface area (Å²) in [5.74, 6) is 2.19. The molecule has 1 fully saturated rings. The minimum absolute atomic E-state index is 0.148. The van der Waals surface area contributed by atoms with Crippen molar-refractivity contribution in [2.24, 2.45) is 5.92 Å². The van der Waals surface area contributed by atoms with Gasteiger partial charge in [-0.15, -0.1) is 0 Å². The Balaban J connectivity index is 1.29. The number of benzene rings is 3. The van der Waals surface area contributed by atoms with E-state index in [1.165, 1.54) is 16.0 Å².